The van der Waals surface area contributed by atoms with Crippen LogP contribution in [-0.4, -0.2) is 36.2 Å². The highest BCUT2D eigenvalue weighted by Gasteiger charge is 2.30. The number of phenolic OH excluding ortho intramolecular Hbond substituents is 1. The van der Waals surface area contributed by atoms with Crippen LogP contribution in [0.3, 0.4) is 0 Å². The third-order valence-electron chi connectivity index (χ3n) is 4.10. The molecule has 0 spiro atoms. The van der Waals surface area contributed by atoms with E-state index in [0.29, 0.717) is 5.92 Å². The minimum absolute atomic E-state index is 0.174. The lowest BCUT2D eigenvalue weighted by molar-refractivity contribution is 0.0901. The molecule has 0 saturated carbocycles. The van der Waals surface area contributed by atoms with Crippen molar-refractivity contribution in [3.8, 4) is 11.5 Å². The first kappa shape index (κ1) is 14.0. The van der Waals surface area contributed by atoms with Crippen molar-refractivity contribution in [1.29, 1.82) is 0 Å². The Balaban J connectivity index is 1.79. The summed E-state index contributed by atoms with van der Waals surface area (Å²) >= 11 is 0. The second-order valence-electron chi connectivity index (χ2n) is 5.72. The van der Waals surface area contributed by atoms with Crippen LogP contribution in [0.5, 0.6) is 11.5 Å². The number of nitrogens with zero attached hydrogens (tertiary/aromatic N) is 1. The zero-order chi connectivity index (χ0) is 14.7. The van der Waals surface area contributed by atoms with Crippen LogP contribution in [0.2, 0.25) is 0 Å². The molecule has 0 amide bonds. The summed E-state index contributed by atoms with van der Waals surface area (Å²) in [7, 11) is 2.16. The van der Waals surface area contributed by atoms with E-state index in [1.807, 2.05) is 18.2 Å². The fourth-order valence-electron chi connectivity index (χ4n) is 2.95. The normalized spacial score (nSPS) is 22.9. The fourth-order valence-corrected chi connectivity index (χ4v) is 2.95. The standard InChI is InChI=1S/C18H21NO2/c1-19-12-11-18(21-16-9-7-15(20)8-10-16)17(13-19)14-5-3-2-4-6-14/h2-10,17-18,20H,11-13H2,1H3. The van der Waals surface area contributed by atoms with Gasteiger partial charge < -0.3 is 14.7 Å². The van der Waals surface area contributed by atoms with E-state index in [4.69, 9.17) is 4.74 Å². The summed E-state index contributed by atoms with van der Waals surface area (Å²) in [5, 5.41) is 9.37. The van der Waals surface area contributed by atoms with Crippen LogP contribution in [-0.2, 0) is 0 Å². The number of ether oxygens (including phenoxy) is 1. The zero-order valence-electron chi connectivity index (χ0n) is 12.3. The molecule has 21 heavy (non-hydrogen) atoms. The Hall–Kier alpha value is -2.00. The number of phenols is 1. The molecule has 1 fully saturated rings. The van der Waals surface area contributed by atoms with Crippen molar-refractivity contribution in [2.45, 2.75) is 18.4 Å². The van der Waals surface area contributed by atoms with E-state index in [-0.39, 0.29) is 11.9 Å². The van der Waals surface area contributed by atoms with Crippen LogP contribution in [0.1, 0.15) is 17.9 Å². The van der Waals surface area contributed by atoms with Crippen molar-refractivity contribution < 1.29 is 9.84 Å². The molecule has 1 aliphatic heterocycles. The molecule has 1 heterocycles. The maximum atomic E-state index is 9.37. The van der Waals surface area contributed by atoms with Crippen LogP contribution in [0.4, 0.5) is 0 Å². The average Bonchev–Trinajstić information content (AvgIpc) is 2.52. The summed E-state index contributed by atoms with van der Waals surface area (Å²) < 4.78 is 6.19. The molecule has 0 aliphatic carbocycles. The lowest BCUT2D eigenvalue weighted by Crippen LogP contribution is -2.42. The average molecular weight is 283 g/mol. The Morgan fingerprint density at radius 3 is 2.48 bits per heavy atom. The number of rotatable bonds is 3. The highest BCUT2D eigenvalue weighted by molar-refractivity contribution is 5.31. The molecule has 2 aromatic rings. The third kappa shape index (κ3) is 3.37. The smallest absolute Gasteiger partial charge is 0.120 e. The van der Waals surface area contributed by atoms with Crippen molar-refractivity contribution in [2.75, 3.05) is 20.1 Å². The zero-order valence-corrected chi connectivity index (χ0v) is 12.3. The van der Waals surface area contributed by atoms with E-state index in [2.05, 4.69) is 36.2 Å². The van der Waals surface area contributed by atoms with Crippen LogP contribution in [0.25, 0.3) is 0 Å². The number of hydrogen-bond donors (Lipinski definition) is 1. The van der Waals surface area contributed by atoms with Gasteiger partial charge in [-0.25, -0.2) is 0 Å². The van der Waals surface area contributed by atoms with Crippen molar-refractivity contribution in [3.63, 3.8) is 0 Å². The van der Waals surface area contributed by atoms with Gasteiger partial charge in [-0.15, -0.1) is 0 Å². The lowest BCUT2D eigenvalue weighted by Gasteiger charge is -2.37. The highest BCUT2D eigenvalue weighted by Crippen LogP contribution is 2.30. The van der Waals surface area contributed by atoms with Gasteiger partial charge in [0.15, 0.2) is 0 Å². The third-order valence-corrected chi connectivity index (χ3v) is 4.10. The van der Waals surface area contributed by atoms with Gasteiger partial charge >= 0.3 is 0 Å². The summed E-state index contributed by atoms with van der Waals surface area (Å²) in [5.74, 6) is 1.47. The van der Waals surface area contributed by atoms with Crippen molar-refractivity contribution in [2.24, 2.45) is 0 Å². The first-order chi connectivity index (χ1) is 10.2. The topological polar surface area (TPSA) is 32.7 Å². The first-order valence-corrected chi connectivity index (χ1v) is 7.41. The molecule has 1 aliphatic rings. The number of benzene rings is 2. The Morgan fingerprint density at radius 1 is 1.05 bits per heavy atom. The molecule has 2 aromatic carbocycles. The highest BCUT2D eigenvalue weighted by atomic mass is 16.5. The van der Waals surface area contributed by atoms with E-state index in [0.717, 1.165) is 25.3 Å². The van der Waals surface area contributed by atoms with Gasteiger partial charge in [-0.1, -0.05) is 30.3 Å². The maximum Gasteiger partial charge on any atom is 0.120 e. The minimum Gasteiger partial charge on any atom is -0.508 e. The molecular formula is C18H21NO2. The van der Waals surface area contributed by atoms with Crippen molar-refractivity contribution >= 4 is 0 Å². The van der Waals surface area contributed by atoms with Gasteiger partial charge in [0.05, 0.1) is 0 Å². The second-order valence-corrected chi connectivity index (χ2v) is 5.72. The molecule has 3 rings (SSSR count). The summed E-state index contributed by atoms with van der Waals surface area (Å²) in [5.41, 5.74) is 1.33. The predicted octanol–water partition coefficient (Wildman–Crippen LogP) is 3.26. The molecule has 3 heteroatoms. The van der Waals surface area contributed by atoms with Gasteiger partial charge in [-0.2, -0.15) is 0 Å². The van der Waals surface area contributed by atoms with Gasteiger partial charge in [0.1, 0.15) is 17.6 Å². The van der Waals surface area contributed by atoms with Gasteiger partial charge in [0.2, 0.25) is 0 Å². The molecule has 3 nitrogen and oxygen atoms in total. The van der Waals surface area contributed by atoms with E-state index in [1.165, 1.54) is 5.56 Å². The second kappa shape index (κ2) is 6.19. The predicted molar refractivity (Wildman–Crippen MR) is 83.8 cm³/mol. The van der Waals surface area contributed by atoms with Crippen LogP contribution in [0, 0.1) is 0 Å². The first-order valence-electron chi connectivity index (χ1n) is 7.41. The fraction of sp³-hybridized carbons (Fsp3) is 0.333. The number of hydrogen-bond acceptors (Lipinski definition) is 3. The number of likely N-dealkylation sites (tertiary alicyclic amines) is 1. The van der Waals surface area contributed by atoms with E-state index in [9.17, 15) is 5.11 Å². The van der Waals surface area contributed by atoms with Gasteiger partial charge in [-0.3, -0.25) is 0 Å². The van der Waals surface area contributed by atoms with Gasteiger partial charge in [0.25, 0.3) is 0 Å². The summed E-state index contributed by atoms with van der Waals surface area (Å²) in [6, 6.07) is 17.6. The molecule has 1 saturated heterocycles. The number of likely N-dealkylation sites (N-methyl/N-ethyl adjacent to an activating group) is 1. The van der Waals surface area contributed by atoms with Crippen molar-refractivity contribution in [3.05, 3.63) is 60.2 Å². The summed E-state index contributed by atoms with van der Waals surface area (Å²) in [6.45, 7) is 2.05. The SMILES string of the molecule is CN1CCC(Oc2ccc(O)cc2)C(c2ccccc2)C1. The minimum atomic E-state index is 0.174. The quantitative estimate of drug-likeness (QED) is 0.938. The van der Waals surface area contributed by atoms with Crippen LogP contribution >= 0.6 is 0 Å². The van der Waals surface area contributed by atoms with E-state index >= 15 is 0 Å². The van der Waals surface area contributed by atoms with E-state index in [1.54, 1.807) is 12.1 Å². The van der Waals surface area contributed by atoms with E-state index < -0.39 is 0 Å². The molecule has 0 aromatic heterocycles. The molecule has 1 N–H and O–H groups in total. The molecule has 2 unspecified atom stereocenters. The number of piperidine rings is 1. The monoisotopic (exact) mass is 283 g/mol. The Kier molecular flexibility index (Phi) is 4.11. The Bertz CT molecular complexity index is 568. The summed E-state index contributed by atoms with van der Waals surface area (Å²) in [4.78, 5) is 2.36. The maximum absolute atomic E-state index is 9.37. The molecule has 0 bridgehead atoms. The lowest BCUT2D eigenvalue weighted by atomic mass is 9.88. The van der Waals surface area contributed by atoms with Crippen molar-refractivity contribution in [1.82, 2.24) is 4.90 Å². The largest absolute Gasteiger partial charge is 0.508 e. The number of aromatic hydroxyl groups is 1. The molecule has 0 radical (unpaired) electrons. The molecule has 2 atom stereocenters. The Morgan fingerprint density at radius 2 is 1.76 bits per heavy atom. The van der Waals surface area contributed by atoms with Gasteiger partial charge in [0, 0.05) is 19.0 Å². The van der Waals surface area contributed by atoms with Gasteiger partial charge in [-0.05, 0) is 43.3 Å². The van der Waals surface area contributed by atoms with Crippen LogP contribution < -0.4 is 4.74 Å². The molecule has 110 valence electrons. The Labute approximate surface area is 125 Å². The summed E-state index contributed by atoms with van der Waals surface area (Å²) in [6.07, 6.45) is 1.19. The van der Waals surface area contributed by atoms with Crippen LogP contribution in [0.15, 0.2) is 54.6 Å². The molecular weight excluding hydrogens is 262 g/mol.